The van der Waals surface area contributed by atoms with Crippen molar-refractivity contribution in [3.63, 3.8) is 0 Å². The number of carbonyl (C=O) groups excluding carboxylic acids is 1. The lowest BCUT2D eigenvalue weighted by atomic mass is 9.82. The summed E-state index contributed by atoms with van der Waals surface area (Å²) in [6.07, 6.45) is 8.24. The Kier molecular flexibility index (Phi) is 5.77. The van der Waals surface area contributed by atoms with E-state index in [-0.39, 0.29) is 36.7 Å². The SMILES string of the molecule is Cc1ncc(OC[C@@]2(C3C=C(F)C=CC3)C[C@H]2C(=O)Nc2ccc(F)cn2)c(CO)n1. The van der Waals surface area contributed by atoms with E-state index in [0.29, 0.717) is 30.1 Å². The summed E-state index contributed by atoms with van der Waals surface area (Å²) in [7, 11) is 0. The van der Waals surface area contributed by atoms with Crippen LogP contribution in [0.1, 0.15) is 24.4 Å². The zero-order valence-corrected chi connectivity index (χ0v) is 16.9. The summed E-state index contributed by atoms with van der Waals surface area (Å²) >= 11 is 0. The molecule has 162 valence electrons. The minimum absolute atomic E-state index is 0.129. The standard InChI is InChI=1S/C22H22F2N4O3/c1-13-25-10-19(18(11-29)27-13)31-12-22(14-3-2-4-15(23)7-14)8-17(22)21(30)28-20-6-5-16(24)9-26-20/h2,4-7,9-10,14,17,29H,3,8,11-12H2,1H3,(H,26,28,30)/t14?,17-,22+/m0/s1. The van der Waals surface area contributed by atoms with E-state index in [0.717, 1.165) is 6.20 Å². The van der Waals surface area contributed by atoms with Crippen LogP contribution in [-0.2, 0) is 11.4 Å². The van der Waals surface area contributed by atoms with Crippen molar-refractivity contribution in [1.29, 1.82) is 0 Å². The van der Waals surface area contributed by atoms with Crippen LogP contribution in [0.15, 0.2) is 48.6 Å². The van der Waals surface area contributed by atoms with Crippen molar-refractivity contribution >= 4 is 11.7 Å². The number of anilines is 1. The maximum absolute atomic E-state index is 14.0. The van der Waals surface area contributed by atoms with E-state index in [4.69, 9.17) is 4.74 Å². The number of aryl methyl sites for hydroxylation is 1. The van der Waals surface area contributed by atoms with Crippen LogP contribution in [0, 0.1) is 30.0 Å². The van der Waals surface area contributed by atoms with Crippen LogP contribution >= 0.6 is 0 Å². The van der Waals surface area contributed by atoms with Gasteiger partial charge in [-0.25, -0.2) is 23.7 Å². The van der Waals surface area contributed by atoms with E-state index in [1.807, 2.05) is 0 Å². The number of rotatable bonds is 7. The molecule has 3 atom stereocenters. The smallest absolute Gasteiger partial charge is 0.229 e. The number of aliphatic hydroxyl groups excluding tert-OH is 1. The molecule has 0 aliphatic heterocycles. The van der Waals surface area contributed by atoms with Crippen LogP contribution in [-0.4, -0.2) is 32.6 Å². The Hall–Kier alpha value is -3.20. The molecule has 31 heavy (non-hydrogen) atoms. The normalized spacial score (nSPS) is 24.5. The summed E-state index contributed by atoms with van der Waals surface area (Å²) in [4.78, 5) is 25.0. The summed E-state index contributed by atoms with van der Waals surface area (Å²) < 4.78 is 33.0. The van der Waals surface area contributed by atoms with Gasteiger partial charge in [-0.2, -0.15) is 0 Å². The van der Waals surface area contributed by atoms with Gasteiger partial charge in [-0.05, 0) is 50.0 Å². The van der Waals surface area contributed by atoms with Gasteiger partial charge in [0.15, 0.2) is 5.75 Å². The average molecular weight is 428 g/mol. The molecule has 0 bridgehead atoms. The van der Waals surface area contributed by atoms with Gasteiger partial charge in [0.2, 0.25) is 5.91 Å². The fourth-order valence-corrected chi connectivity index (χ4v) is 4.01. The monoisotopic (exact) mass is 428 g/mol. The second-order valence-corrected chi connectivity index (χ2v) is 7.81. The Balaban J connectivity index is 1.53. The first-order valence-electron chi connectivity index (χ1n) is 9.94. The zero-order chi connectivity index (χ0) is 22.0. The minimum Gasteiger partial charge on any atom is -0.489 e. The molecule has 1 amide bonds. The number of aliphatic hydroxyl groups is 1. The number of hydrogen-bond acceptors (Lipinski definition) is 6. The first kappa shape index (κ1) is 21.0. The highest BCUT2D eigenvalue weighted by molar-refractivity contribution is 5.94. The lowest BCUT2D eigenvalue weighted by molar-refractivity contribution is -0.118. The number of hydrogen-bond donors (Lipinski definition) is 2. The van der Waals surface area contributed by atoms with Crippen molar-refractivity contribution in [2.75, 3.05) is 11.9 Å². The highest BCUT2D eigenvalue weighted by atomic mass is 19.1. The average Bonchev–Trinajstić information content (AvgIpc) is 3.50. The van der Waals surface area contributed by atoms with Crippen LogP contribution < -0.4 is 10.1 Å². The molecule has 0 spiro atoms. The molecule has 2 heterocycles. The number of halogens is 2. The van der Waals surface area contributed by atoms with E-state index >= 15 is 0 Å². The predicted octanol–water partition coefficient (Wildman–Crippen LogP) is 3.26. The van der Waals surface area contributed by atoms with Crippen molar-refractivity contribution in [2.45, 2.75) is 26.4 Å². The largest absolute Gasteiger partial charge is 0.489 e. The maximum atomic E-state index is 14.0. The van der Waals surface area contributed by atoms with E-state index in [9.17, 15) is 18.7 Å². The van der Waals surface area contributed by atoms with Gasteiger partial charge >= 0.3 is 0 Å². The third-order valence-corrected chi connectivity index (χ3v) is 5.78. The second-order valence-electron chi connectivity index (χ2n) is 7.81. The molecule has 1 fully saturated rings. The van der Waals surface area contributed by atoms with Gasteiger partial charge < -0.3 is 15.2 Å². The van der Waals surface area contributed by atoms with E-state index in [1.165, 1.54) is 30.5 Å². The van der Waals surface area contributed by atoms with Gasteiger partial charge in [-0.15, -0.1) is 0 Å². The molecular weight excluding hydrogens is 406 g/mol. The molecule has 1 saturated carbocycles. The molecule has 2 aliphatic carbocycles. The van der Waals surface area contributed by atoms with Crippen LogP contribution in [0.25, 0.3) is 0 Å². The second kappa shape index (κ2) is 8.50. The summed E-state index contributed by atoms with van der Waals surface area (Å²) in [6, 6.07) is 2.59. The summed E-state index contributed by atoms with van der Waals surface area (Å²) in [5, 5.41) is 12.3. The van der Waals surface area contributed by atoms with Crippen LogP contribution in [0.3, 0.4) is 0 Å². The number of ether oxygens (including phenoxy) is 1. The topological polar surface area (TPSA) is 97.2 Å². The Morgan fingerprint density at radius 3 is 2.87 bits per heavy atom. The Bertz CT molecular complexity index is 1040. The highest BCUT2D eigenvalue weighted by Gasteiger charge is 2.62. The Labute approximate surface area is 177 Å². The fourth-order valence-electron chi connectivity index (χ4n) is 4.01. The van der Waals surface area contributed by atoms with Crippen LogP contribution in [0.4, 0.5) is 14.6 Å². The van der Waals surface area contributed by atoms with Gasteiger partial charge in [0.25, 0.3) is 0 Å². The number of carbonyl (C=O) groups is 1. The summed E-state index contributed by atoms with van der Waals surface area (Å²) in [6.45, 7) is 1.52. The van der Waals surface area contributed by atoms with E-state index in [2.05, 4.69) is 20.3 Å². The van der Waals surface area contributed by atoms with Gasteiger partial charge in [0, 0.05) is 11.3 Å². The van der Waals surface area contributed by atoms with Crippen LogP contribution in [0.5, 0.6) is 5.75 Å². The molecule has 4 rings (SSSR count). The molecule has 9 heteroatoms. The zero-order valence-electron chi connectivity index (χ0n) is 16.9. The quantitative estimate of drug-likeness (QED) is 0.703. The van der Waals surface area contributed by atoms with Gasteiger partial charge in [0.05, 0.1) is 25.6 Å². The number of aromatic nitrogens is 3. The van der Waals surface area contributed by atoms with E-state index in [1.54, 1.807) is 13.0 Å². The lowest BCUT2D eigenvalue weighted by Crippen LogP contribution is -2.30. The van der Waals surface area contributed by atoms with Gasteiger partial charge in [-0.1, -0.05) is 6.08 Å². The number of nitrogens with one attached hydrogen (secondary N) is 1. The molecule has 2 aromatic heterocycles. The highest BCUT2D eigenvalue weighted by Crippen LogP contribution is 2.60. The third-order valence-electron chi connectivity index (χ3n) is 5.78. The molecule has 0 saturated heterocycles. The molecule has 2 aliphatic rings. The van der Waals surface area contributed by atoms with Gasteiger partial charge in [-0.3, -0.25) is 4.79 Å². The maximum Gasteiger partial charge on any atom is 0.229 e. The molecule has 2 aromatic rings. The van der Waals surface area contributed by atoms with Crippen LogP contribution in [0.2, 0.25) is 0 Å². The number of allylic oxidation sites excluding steroid dienone is 4. The predicted molar refractivity (Wildman–Crippen MR) is 108 cm³/mol. The number of pyridine rings is 1. The first-order chi connectivity index (χ1) is 14.9. The molecule has 0 radical (unpaired) electrons. The molecule has 2 N–H and O–H groups in total. The van der Waals surface area contributed by atoms with Crippen molar-refractivity contribution in [2.24, 2.45) is 17.3 Å². The molecule has 0 aromatic carbocycles. The van der Waals surface area contributed by atoms with Crippen molar-refractivity contribution < 1.29 is 23.4 Å². The lowest BCUT2D eigenvalue weighted by Gasteiger charge is -2.27. The van der Waals surface area contributed by atoms with Crippen molar-refractivity contribution in [3.05, 3.63) is 65.9 Å². The first-order valence-corrected chi connectivity index (χ1v) is 9.94. The third kappa shape index (κ3) is 4.46. The van der Waals surface area contributed by atoms with Crippen molar-refractivity contribution in [1.82, 2.24) is 15.0 Å². The summed E-state index contributed by atoms with van der Waals surface area (Å²) in [5.41, 5.74) is -0.283. The Morgan fingerprint density at radius 2 is 2.16 bits per heavy atom. The molecule has 1 unspecified atom stereocenters. The molecular formula is C22H22F2N4O3. The number of amides is 1. The van der Waals surface area contributed by atoms with Crippen molar-refractivity contribution in [3.8, 4) is 5.75 Å². The Morgan fingerprint density at radius 1 is 1.32 bits per heavy atom. The molecule has 7 nitrogen and oxygen atoms in total. The summed E-state index contributed by atoms with van der Waals surface area (Å²) in [5.74, 6) is -0.736. The number of nitrogens with zero attached hydrogens (tertiary/aromatic N) is 3. The van der Waals surface area contributed by atoms with Gasteiger partial charge in [0.1, 0.15) is 29.0 Å². The van der Waals surface area contributed by atoms with E-state index < -0.39 is 17.2 Å². The fraction of sp³-hybridized carbons (Fsp3) is 0.364. The minimum atomic E-state index is -0.635.